The largest absolute Gasteiger partial charge is 0.353 e. The zero-order chi connectivity index (χ0) is 18.6. The van der Waals surface area contributed by atoms with Gasteiger partial charge in [0, 0.05) is 62.4 Å². The number of carbonyl (C=O) groups excluding carboxylic acids is 1. The minimum atomic E-state index is -0.219. The van der Waals surface area contributed by atoms with Gasteiger partial charge in [-0.05, 0) is 12.1 Å². The normalized spacial score (nSPS) is 15.0. The van der Waals surface area contributed by atoms with Crippen LogP contribution < -0.4 is 10.6 Å². The number of halogens is 1. The molecule has 0 radical (unpaired) electrons. The molecule has 0 atom stereocenters. The molecule has 0 bridgehead atoms. The van der Waals surface area contributed by atoms with Gasteiger partial charge in [-0.2, -0.15) is 0 Å². The van der Waals surface area contributed by atoms with Gasteiger partial charge in [0.2, 0.25) is 5.95 Å². The van der Waals surface area contributed by atoms with Gasteiger partial charge in [0.25, 0.3) is 5.91 Å². The average Bonchev–Trinajstić information content (AvgIpc) is 2.67. The third-order valence-corrected chi connectivity index (χ3v) is 4.64. The lowest BCUT2D eigenvalue weighted by Crippen LogP contribution is -2.46. The average molecular weight is 375 g/mol. The van der Waals surface area contributed by atoms with Crippen molar-refractivity contribution in [1.29, 1.82) is 0 Å². The van der Waals surface area contributed by atoms with E-state index in [1.54, 1.807) is 18.6 Å². The fraction of sp³-hybridized carbons (Fsp3) is 0.444. The predicted molar refractivity (Wildman–Crippen MR) is 102 cm³/mol. The number of piperazine rings is 1. The molecule has 7 nitrogen and oxygen atoms in total. The zero-order valence-electron chi connectivity index (χ0n) is 15.0. The predicted octanol–water partition coefficient (Wildman–Crippen LogP) is 1.96. The Morgan fingerprint density at radius 3 is 2.50 bits per heavy atom. The van der Waals surface area contributed by atoms with Crippen LogP contribution in [0, 0.1) is 0 Å². The molecule has 3 rings (SSSR count). The topological polar surface area (TPSA) is 83.0 Å². The maximum Gasteiger partial charge on any atom is 0.257 e. The number of hydrogen-bond donors (Lipinski definition) is 2. The highest BCUT2D eigenvalue weighted by Crippen LogP contribution is 2.22. The molecule has 1 aliphatic heterocycles. The van der Waals surface area contributed by atoms with Crippen molar-refractivity contribution in [2.75, 3.05) is 38.0 Å². The molecule has 0 aromatic carbocycles. The summed E-state index contributed by atoms with van der Waals surface area (Å²) in [5.41, 5.74) is 1.22. The third-order valence-electron chi connectivity index (χ3n) is 4.41. The van der Waals surface area contributed by atoms with E-state index in [2.05, 4.69) is 39.4 Å². The number of aromatic nitrogens is 3. The first-order chi connectivity index (χ1) is 12.5. The molecule has 0 saturated carbocycles. The van der Waals surface area contributed by atoms with E-state index in [-0.39, 0.29) is 11.3 Å². The highest BCUT2D eigenvalue weighted by atomic mass is 35.5. The summed E-state index contributed by atoms with van der Waals surface area (Å²) in [5.74, 6) is 0.465. The molecule has 26 heavy (non-hydrogen) atoms. The van der Waals surface area contributed by atoms with E-state index < -0.39 is 0 Å². The van der Waals surface area contributed by atoms with Gasteiger partial charge in [0.15, 0.2) is 0 Å². The van der Waals surface area contributed by atoms with Crippen LogP contribution in [0.3, 0.4) is 0 Å². The summed E-state index contributed by atoms with van der Waals surface area (Å²) in [5, 5.41) is 7.06. The summed E-state index contributed by atoms with van der Waals surface area (Å²) in [6, 6.07) is 3.75. The Hall–Kier alpha value is -2.25. The molecule has 1 amide bonds. The molecule has 2 N–H and O–H groups in total. The molecule has 8 heteroatoms. The van der Waals surface area contributed by atoms with Gasteiger partial charge in [-0.3, -0.25) is 9.78 Å². The van der Waals surface area contributed by atoms with Gasteiger partial charge >= 0.3 is 0 Å². The molecule has 2 aromatic heterocycles. The molecule has 1 aliphatic rings. The zero-order valence-corrected chi connectivity index (χ0v) is 15.8. The second-order valence-corrected chi connectivity index (χ2v) is 7.37. The number of anilines is 1. The van der Waals surface area contributed by atoms with Crippen LogP contribution in [0.4, 0.5) is 5.95 Å². The number of carbonyl (C=O) groups is 1. The van der Waals surface area contributed by atoms with Crippen LogP contribution >= 0.6 is 11.6 Å². The van der Waals surface area contributed by atoms with Crippen molar-refractivity contribution in [1.82, 2.24) is 25.2 Å². The molecule has 0 unspecified atom stereocenters. The van der Waals surface area contributed by atoms with Crippen LogP contribution in [0.1, 0.15) is 29.9 Å². The molecule has 3 heterocycles. The van der Waals surface area contributed by atoms with E-state index in [0.717, 1.165) is 18.8 Å². The van der Waals surface area contributed by atoms with Gasteiger partial charge in [0.1, 0.15) is 0 Å². The Balaban J connectivity index is 1.60. The van der Waals surface area contributed by atoms with Gasteiger partial charge in [-0.15, -0.1) is 0 Å². The van der Waals surface area contributed by atoms with Crippen LogP contribution in [0.2, 0.25) is 5.02 Å². The van der Waals surface area contributed by atoms with Crippen molar-refractivity contribution in [3.05, 3.63) is 47.0 Å². The molecule has 138 valence electrons. The minimum Gasteiger partial charge on any atom is -0.353 e. The van der Waals surface area contributed by atoms with Crippen molar-refractivity contribution in [2.24, 2.45) is 0 Å². The minimum absolute atomic E-state index is 0.0243. The summed E-state index contributed by atoms with van der Waals surface area (Å²) in [6.45, 7) is 7.83. The lowest BCUT2D eigenvalue weighted by Gasteiger charge is -2.27. The Morgan fingerprint density at radius 1 is 1.19 bits per heavy atom. The van der Waals surface area contributed by atoms with E-state index in [1.807, 2.05) is 17.0 Å². The quantitative estimate of drug-likeness (QED) is 0.832. The number of pyridine rings is 1. The second-order valence-electron chi connectivity index (χ2n) is 6.94. The van der Waals surface area contributed by atoms with E-state index in [9.17, 15) is 4.79 Å². The summed E-state index contributed by atoms with van der Waals surface area (Å²) in [6.07, 6.45) is 4.80. The fourth-order valence-electron chi connectivity index (χ4n) is 2.75. The first-order valence-corrected chi connectivity index (χ1v) is 9.01. The summed E-state index contributed by atoms with van der Waals surface area (Å²) < 4.78 is 0. The molecule has 2 aromatic rings. The van der Waals surface area contributed by atoms with Crippen molar-refractivity contribution < 1.29 is 4.79 Å². The molecular weight excluding hydrogens is 352 g/mol. The SMILES string of the molecule is CC(C)(CNc1ncc(C(=O)N2CCNCC2)cn1)c1ccc(Cl)cn1. The Labute approximate surface area is 158 Å². The fourth-order valence-corrected chi connectivity index (χ4v) is 2.86. The van der Waals surface area contributed by atoms with Gasteiger partial charge < -0.3 is 15.5 Å². The molecule has 1 fully saturated rings. The maximum atomic E-state index is 12.4. The lowest BCUT2D eigenvalue weighted by molar-refractivity contribution is 0.0735. The third kappa shape index (κ3) is 4.47. The van der Waals surface area contributed by atoms with Crippen molar-refractivity contribution in [2.45, 2.75) is 19.3 Å². The number of rotatable bonds is 5. The summed E-state index contributed by atoms with van der Waals surface area (Å²) in [7, 11) is 0. The highest BCUT2D eigenvalue weighted by Gasteiger charge is 2.23. The van der Waals surface area contributed by atoms with Crippen LogP contribution in [0.5, 0.6) is 0 Å². The molecule has 1 saturated heterocycles. The standard InChI is InChI=1S/C18H23ClN6O/c1-18(2,15-4-3-14(19)11-21-15)12-24-17-22-9-13(10-23-17)16(26)25-7-5-20-6-8-25/h3-4,9-11,20H,5-8,12H2,1-2H3,(H,22,23,24). The maximum absolute atomic E-state index is 12.4. The van der Waals surface area contributed by atoms with Crippen molar-refractivity contribution in [3.63, 3.8) is 0 Å². The molecule has 0 spiro atoms. The number of hydrogen-bond acceptors (Lipinski definition) is 6. The molecule has 0 aliphatic carbocycles. The number of nitrogens with one attached hydrogen (secondary N) is 2. The van der Waals surface area contributed by atoms with Crippen LogP contribution in [0.25, 0.3) is 0 Å². The second kappa shape index (κ2) is 7.97. The monoisotopic (exact) mass is 374 g/mol. The highest BCUT2D eigenvalue weighted by molar-refractivity contribution is 6.30. The summed E-state index contributed by atoms with van der Waals surface area (Å²) >= 11 is 5.90. The lowest BCUT2D eigenvalue weighted by atomic mass is 9.89. The Morgan fingerprint density at radius 2 is 1.88 bits per heavy atom. The first-order valence-electron chi connectivity index (χ1n) is 8.64. The van der Waals surface area contributed by atoms with E-state index >= 15 is 0 Å². The van der Waals surface area contributed by atoms with E-state index in [4.69, 9.17) is 11.6 Å². The number of nitrogens with zero attached hydrogens (tertiary/aromatic N) is 4. The Kier molecular flexibility index (Phi) is 5.68. The summed E-state index contributed by atoms with van der Waals surface area (Å²) in [4.78, 5) is 27.2. The number of amides is 1. The van der Waals surface area contributed by atoms with Gasteiger partial charge in [-0.25, -0.2) is 9.97 Å². The van der Waals surface area contributed by atoms with Gasteiger partial charge in [-0.1, -0.05) is 25.4 Å². The van der Waals surface area contributed by atoms with Crippen molar-refractivity contribution >= 4 is 23.5 Å². The van der Waals surface area contributed by atoms with Crippen LogP contribution in [-0.2, 0) is 5.41 Å². The smallest absolute Gasteiger partial charge is 0.257 e. The van der Waals surface area contributed by atoms with E-state index in [0.29, 0.717) is 36.2 Å². The van der Waals surface area contributed by atoms with Crippen LogP contribution in [-0.4, -0.2) is 58.5 Å². The Bertz CT molecular complexity index is 741. The first kappa shape index (κ1) is 18.5. The van der Waals surface area contributed by atoms with Crippen LogP contribution in [0.15, 0.2) is 30.7 Å². The molecular formula is C18H23ClN6O. The van der Waals surface area contributed by atoms with Crippen molar-refractivity contribution in [3.8, 4) is 0 Å². The van der Waals surface area contributed by atoms with Gasteiger partial charge in [0.05, 0.1) is 10.6 Å². The van der Waals surface area contributed by atoms with E-state index in [1.165, 1.54) is 0 Å².